The first-order chi connectivity index (χ1) is 23.3. The van der Waals surface area contributed by atoms with Crippen LogP contribution < -0.4 is 0 Å². The number of para-hydroxylation sites is 4. The van der Waals surface area contributed by atoms with Crippen LogP contribution in [0.2, 0.25) is 0 Å². The number of nitrogens with zero attached hydrogens (tertiary/aromatic N) is 2. The van der Waals surface area contributed by atoms with Crippen molar-refractivity contribution in [3.63, 3.8) is 0 Å². The highest BCUT2D eigenvalue weighted by atomic mass is 32.1. The van der Waals surface area contributed by atoms with Crippen LogP contribution in [0.15, 0.2) is 170 Å². The Morgan fingerprint density at radius 1 is 0.340 bits per heavy atom. The fraction of sp³-hybridized carbons (Fsp3) is 0. The van der Waals surface area contributed by atoms with Gasteiger partial charge in [-0.2, -0.15) is 0 Å². The maximum Gasteiger partial charge on any atom is 0.0727 e. The average molecular weight is 617 g/mol. The molecule has 0 N–H and O–H groups in total. The van der Waals surface area contributed by atoms with Crippen molar-refractivity contribution >= 4 is 64.3 Å². The molecule has 0 unspecified atom stereocenters. The zero-order chi connectivity index (χ0) is 30.9. The normalized spacial score (nSPS) is 11.8. The summed E-state index contributed by atoms with van der Waals surface area (Å²) < 4.78 is 7.49. The summed E-state index contributed by atoms with van der Waals surface area (Å²) in [4.78, 5) is 0. The standard InChI is InChI=1S/C44H28N2S/c1-3-14-30(15-4-1)45-39-24-11-9-20-34(39)35-27-26-29(28-41(35)45)32-18-7-8-19-33(32)36-22-13-23-38-42-44(47-43(36)38)37-21-10-12-25-40(37)46(42)31-16-5-2-6-17-31/h1-28H. The quantitative estimate of drug-likeness (QED) is 0.186. The van der Waals surface area contributed by atoms with Crippen LogP contribution in [0.1, 0.15) is 0 Å². The number of hydrogen-bond acceptors (Lipinski definition) is 1. The van der Waals surface area contributed by atoms with Crippen LogP contribution in [0.25, 0.3) is 86.6 Å². The van der Waals surface area contributed by atoms with Crippen molar-refractivity contribution in [1.29, 1.82) is 0 Å². The van der Waals surface area contributed by atoms with Crippen LogP contribution in [0.4, 0.5) is 0 Å². The summed E-state index contributed by atoms with van der Waals surface area (Å²) in [5.41, 5.74) is 12.3. The zero-order valence-corrected chi connectivity index (χ0v) is 26.3. The van der Waals surface area contributed by atoms with E-state index in [2.05, 4.69) is 179 Å². The molecule has 220 valence electrons. The Labute approximate surface area is 276 Å². The molecule has 0 atom stereocenters. The second-order valence-corrected chi connectivity index (χ2v) is 13.1. The molecule has 0 fully saturated rings. The van der Waals surface area contributed by atoms with Crippen molar-refractivity contribution in [2.24, 2.45) is 0 Å². The predicted octanol–water partition coefficient (Wildman–Crippen LogP) is 12.4. The lowest BCUT2D eigenvalue weighted by Gasteiger charge is -2.13. The molecule has 3 heteroatoms. The highest BCUT2D eigenvalue weighted by molar-refractivity contribution is 7.27. The molecule has 2 nitrogen and oxygen atoms in total. The van der Waals surface area contributed by atoms with Gasteiger partial charge >= 0.3 is 0 Å². The molecule has 0 saturated heterocycles. The second kappa shape index (κ2) is 10.3. The Morgan fingerprint density at radius 3 is 1.66 bits per heavy atom. The Bertz CT molecular complexity index is 2780. The molecule has 0 radical (unpaired) electrons. The van der Waals surface area contributed by atoms with E-state index in [1.54, 1.807) is 0 Å². The molecule has 3 aromatic heterocycles. The lowest BCUT2D eigenvalue weighted by molar-refractivity contribution is 1.18. The van der Waals surface area contributed by atoms with Gasteiger partial charge in [0.15, 0.2) is 0 Å². The summed E-state index contributed by atoms with van der Waals surface area (Å²) in [6.07, 6.45) is 0. The van der Waals surface area contributed by atoms with E-state index >= 15 is 0 Å². The molecule has 0 spiro atoms. The number of thiophene rings is 1. The van der Waals surface area contributed by atoms with Crippen LogP contribution in [-0.4, -0.2) is 9.13 Å². The predicted molar refractivity (Wildman–Crippen MR) is 201 cm³/mol. The molecule has 0 saturated carbocycles. The van der Waals surface area contributed by atoms with Gasteiger partial charge in [-0.05, 0) is 59.2 Å². The van der Waals surface area contributed by atoms with Gasteiger partial charge in [0.05, 0.1) is 26.8 Å². The molecule has 10 rings (SSSR count). The fourth-order valence-electron chi connectivity index (χ4n) is 7.51. The minimum absolute atomic E-state index is 1.17. The topological polar surface area (TPSA) is 9.86 Å². The van der Waals surface area contributed by atoms with Gasteiger partial charge in [-0.1, -0.05) is 127 Å². The number of aromatic nitrogens is 2. The smallest absolute Gasteiger partial charge is 0.0727 e. The number of hydrogen-bond donors (Lipinski definition) is 0. The van der Waals surface area contributed by atoms with Crippen molar-refractivity contribution < 1.29 is 0 Å². The SMILES string of the molecule is c1ccc(-n2c3ccccc3c3ccc(-c4ccccc4-c4cccc5c4sc4c6ccccc6n(-c6ccccc6)c54)cc32)cc1. The molecule has 10 aromatic rings. The van der Waals surface area contributed by atoms with Gasteiger partial charge in [0.25, 0.3) is 0 Å². The van der Waals surface area contributed by atoms with Crippen molar-refractivity contribution in [1.82, 2.24) is 9.13 Å². The molecule has 0 aliphatic carbocycles. The maximum absolute atomic E-state index is 2.44. The number of benzene rings is 7. The van der Waals surface area contributed by atoms with Gasteiger partial charge < -0.3 is 9.13 Å². The lowest BCUT2D eigenvalue weighted by atomic mass is 9.93. The minimum Gasteiger partial charge on any atom is -0.309 e. The second-order valence-electron chi connectivity index (χ2n) is 12.1. The Hall–Kier alpha value is -5.90. The highest BCUT2D eigenvalue weighted by Gasteiger charge is 2.21. The van der Waals surface area contributed by atoms with Gasteiger partial charge in [0.1, 0.15) is 0 Å². The third kappa shape index (κ3) is 3.90. The van der Waals surface area contributed by atoms with E-state index < -0.39 is 0 Å². The van der Waals surface area contributed by atoms with Gasteiger partial charge in [-0.25, -0.2) is 0 Å². The fourth-order valence-corrected chi connectivity index (χ4v) is 8.86. The van der Waals surface area contributed by atoms with E-state index in [9.17, 15) is 0 Å². The first kappa shape index (κ1) is 26.3. The van der Waals surface area contributed by atoms with E-state index in [-0.39, 0.29) is 0 Å². The number of rotatable bonds is 4. The first-order valence-corrected chi connectivity index (χ1v) is 16.9. The van der Waals surface area contributed by atoms with Gasteiger partial charge in [-0.15, -0.1) is 11.3 Å². The van der Waals surface area contributed by atoms with Gasteiger partial charge in [-0.3, -0.25) is 0 Å². The van der Waals surface area contributed by atoms with Gasteiger partial charge in [0, 0.05) is 43.2 Å². The van der Waals surface area contributed by atoms with E-state index in [0.29, 0.717) is 0 Å². The van der Waals surface area contributed by atoms with E-state index in [1.807, 2.05) is 11.3 Å². The maximum atomic E-state index is 2.44. The summed E-state index contributed by atoms with van der Waals surface area (Å²) >= 11 is 1.91. The summed E-state index contributed by atoms with van der Waals surface area (Å²) in [6.45, 7) is 0. The largest absolute Gasteiger partial charge is 0.309 e. The number of fused-ring (bicyclic) bond motifs is 8. The van der Waals surface area contributed by atoms with Crippen molar-refractivity contribution in [2.45, 2.75) is 0 Å². The minimum atomic E-state index is 1.17. The van der Waals surface area contributed by atoms with Crippen LogP contribution >= 0.6 is 11.3 Å². The Morgan fingerprint density at radius 2 is 0.894 bits per heavy atom. The van der Waals surface area contributed by atoms with Crippen LogP contribution in [-0.2, 0) is 0 Å². The zero-order valence-electron chi connectivity index (χ0n) is 25.5. The molecule has 0 aliphatic rings. The van der Waals surface area contributed by atoms with Crippen LogP contribution in [0, 0.1) is 0 Å². The van der Waals surface area contributed by atoms with E-state index in [1.165, 1.54) is 86.6 Å². The summed E-state index contributed by atoms with van der Waals surface area (Å²) in [5.74, 6) is 0. The Kier molecular flexibility index (Phi) is 5.78. The summed E-state index contributed by atoms with van der Waals surface area (Å²) in [6, 6.07) is 61.7. The molecule has 47 heavy (non-hydrogen) atoms. The van der Waals surface area contributed by atoms with Crippen LogP contribution in [0.5, 0.6) is 0 Å². The van der Waals surface area contributed by atoms with Crippen LogP contribution in [0.3, 0.4) is 0 Å². The molecular weight excluding hydrogens is 589 g/mol. The highest BCUT2D eigenvalue weighted by Crippen LogP contribution is 2.47. The Balaban J connectivity index is 1.23. The molecular formula is C44H28N2S. The lowest BCUT2D eigenvalue weighted by Crippen LogP contribution is -1.93. The third-order valence-corrected chi connectivity index (χ3v) is 10.8. The molecule has 3 heterocycles. The molecule has 0 bridgehead atoms. The molecule has 7 aromatic carbocycles. The summed E-state index contributed by atoms with van der Waals surface area (Å²) in [5, 5.41) is 5.12. The van der Waals surface area contributed by atoms with Gasteiger partial charge in [0.2, 0.25) is 0 Å². The monoisotopic (exact) mass is 616 g/mol. The molecule has 0 amide bonds. The summed E-state index contributed by atoms with van der Waals surface area (Å²) in [7, 11) is 0. The van der Waals surface area contributed by atoms with E-state index in [0.717, 1.165) is 0 Å². The van der Waals surface area contributed by atoms with Crippen molar-refractivity contribution in [3.8, 4) is 33.6 Å². The average Bonchev–Trinajstić information content (AvgIpc) is 3.79. The van der Waals surface area contributed by atoms with Crippen molar-refractivity contribution in [3.05, 3.63) is 170 Å². The first-order valence-electron chi connectivity index (χ1n) is 16.0. The van der Waals surface area contributed by atoms with E-state index in [4.69, 9.17) is 0 Å². The third-order valence-electron chi connectivity index (χ3n) is 9.53. The van der Waals surface area contributed by atoms with Crippen molar-refractivity contribution in [2.75, 3.05) is 0 Å². The molecule has 0 aliphatic heterocycles.